The van der Waals surface area contributed by atoms with Crippen molar-refractivity contribution in [2.24, 2.45) is 0 Å². The van der Waals surface area contributed by atoms with E-state index in [1.54, 1.807) is 43.3 Å². The highest BCUT2D eigenvalue weighted by atomic mass is 35.5. The minimum absolute atomic E-state index is 0.128. The second-order valence-electron chi connectivity index (χ2n) is 9.07. The summed E-state index contributed by atoms with van der Waals surface area (Å²) in [7, 11) is 0. The van der Waals surface area contributed by atoms with Crippen LogP contribution < -0.4 is 5.32 Å². The van der Waals surface area contributed by atoms with Crippen LogP contribution in [0.3, 0.4) is 0 Å². The number of amides is 1. The average Bonchev–Trinajstić information content (AvgIpc) is 3.50. The summed E-state index contributed by atoms with van der Waals surface area (Å²) in [5, 5.41) is 7.41. The molecule has 37 heavy (non-hydrogen) atoms. The molecule has 1 aromatic heterocycles. The second-order valence-corrected chi connectivity index (χ2v) is 11.1. The maximum atomic E-state index is 12.7. The number of hydrogen-bond acceptors (Lipinski definition) is 5. The monoisotopic (exact) mass is 555 g/mol. The van der Waals surface area contributed by atoms with Crippen LogP contribution in [0, 0.1) is 0 Å². The number of carbonyl (C=O) groups is 1. The van der Waals surface area contributed by atoms with Crippen LogP contribution >= 0.6 is 23.2 Å². The van der Waals surface area contributed by atoms with E-state index < -0.39 is 21.7 Å². The van der Waals surface area contributed by atoms with Crippen molar-refractivity contribution in [3.63, 3.8) is 0 Å². The van der Waals surface area contributed by atoms with Gasteiger partial charge in [0.25, 0.3) is 5.89 Å². The fourth-order valence-corrected chi connectivity index (χ4v) is 5.58. The van der Waals surface area contributed by atoms with Gasteiger partial charge in [-0.05, 0) is 55.2 Å². The van der Waals surface area contributed by atoms with Gasteiger partial charge < -0.3 is 14.4 Å². The van der Waals surface area contributed by atoms with Crippen molar-refractivity contribution in [1.82, 2.24) is 10.1 Å². The summed E-state index contributed by atoms with van der Waals surface area (Å²) < 4.78 is 26.0. The lowest BCUT2D eigenvalue weighted by molar-refractivity contribution is -0.115. The third-order valence-electron chi connectivity index (χ3n) is 6.55. The number of benzene rings is 3. The fourth-order valence-electron chi connectivity index (χ4n) is 4.34. The van der Waals surface area contributed by atoms with Crippen molar-refractivity contribution in [3.8, 4) is 11.5 Å². The van der Waals surface area contributed by atoms with Crippen molar-refractivity contribution in [1.29, 1.82) is 0 Å². The van der Waals surface area contributed by atoms with E-state index in [1.165, 1.54) is 0 Å². The number of nitrogens with zero attached hydrogens (tertiary/aromatic N) is 2. The smallest absolute Gasteiger partial charge is 0.257 e. The molecule has 4 aromatic rings. The van der Waals surface area contributed by atoms with Gasteiger partial charge in [0, 0.05) is 26.9 Å². The molecule has 1 amide bonds. The molecule has 7 nitrogen and oxygen atoms in total. The summed E-state index contributed by atoms with van der Waals surface area (Å²) in [6.07, 6.45) is 1.69. The molecule has 1 saturated carbocycles. The highest BCUT2D eigenvalue weighted by Crippen LogP contribution is 2.57. The van der Waals surface area contributed by atoms with Crippen molar-refractivity contribution in [2.75, 3.05) is 5.32 Å². The van der Waals surface area contributed by atoms with E-state index in [1.807, 2.05) is 30.3 Å². The van der Waals surface area contributed by atoms with E-state index in [2.05, 4.69) is 15.5 Å². The number of halogens is 2. The molecule has 0 radical (unpaired) electrons. The summed E-state index contributed by atoms with van der Waals surface area (Å²) in [5.41, 5.74) is 3.02. The quantitative estimate of drug-likeness (QED) is 0.237. The predicted molar refractivity (Wildman–Crippen MR) is 144 cm³/mol. The molecule has 2 unspecified atom stereocenters. The average molecular weight is 556 g/mol. The topological polar surface area (TPSA) is 105 Å². The third-order valence-corrected chi connectivity index (χ3v) is 8.02. The lowest BCUT2D eigenvalue weighted by Crippen LogP contribution is -2.16. The molecule has 5 rings (SSSR count). The van der Waals surface area contributed by atoms with E-state index in [4.69, 9.17) is 27.7 Å². The molecule has 2 N–H and O–H groups in total. The normalized spacial score (nSPS) is 15.7. The van der Waals surface area contributed by atoms with Gasteiger partial charge >= 0.3 is 0 Å². The first-order valence-electron chi connectivity index (χ1n) is 11.6. The summed E-state index contributed by atoms with van der Waals surface area (Å²) in [6, 6.07) is 19.9. The highest BCUT2D eigenvalue weighted by molar-refractivity contribution is 7.79. The molecule has 10 heteroatoms. The molecule has 1 aliphatic rings. The van der Waals surface area contributed by atoms with Crippen LogP contribution in [0.25, 0.3) is 11.5 Å². The summed E-state index contributed by atoms with van der Waals surface area (Å²) >= 11 is 11.4. The zero-order valence-corrected chi connectivity index (χ0v) is 22.1. The number of carbonyl (C=O) groups excluding carboxylic acids is 1. The van der Waals surface area contributed by atoms with Crippen molar-refractivity contribution in [2.45, 2.75) is 36.9 Å². The number of rotatable bonds is 8. The maximum absolute atomic E-state index is 12.7. The second kappa shape index (κ2) is 10.4. The molecular weight excluding hydrogens is 533 g/mol. The van der Waals surface area contributed by atoms with Crippen LogP contribution in [0.1, 0.15) is 47.5 Å². The van der Waals surface area contributed by atoms with Gasteiger partial charge in [0.15, 0.2) is 16.9 Å². The number of aromatic nitrogens is 2. The summed E-state index contributed by atoms with van der Waals surface area (Å²) in [5.74, 6) is 0.734. The number of nitrogens with one attached hydrogen (secondary N) is 1. The highest BCUT2D eigenvalue weighted by Gasteiger charge is 2.52. The Morgan fingerprint density at radius 3 is 2.35 bits per heavy atom. The first-order valence-corrected chi connectivity index (χ1v) is 13.6. The minimum atomic E-state index is -1.95. The molecule has 1 fully saturated rings. The third kappa shape index (κ3) is 5.33. The van der Waals surface area contributed by atoms with Gasteiger partial charge in [0.05, 0.1) is 17.1 Å². The van der Waals surface area contributed by atoms with Crippen LogP contribution in [-0.2, 0) is 27.7 Å². The van der Waals surface area contributed by atoms with Gasteiger partial charge in [0.1, 0.15) is 0 Å². The van der Waals surface area contributed by atoms with E-state index in [0.29, 0.717) is 27.4 Å². The predicted octanol–water partition coefficient (Wildman–Crippen LogP) is 6.59. The van der Waals surface area contributed by atoms with Crippen LogP contribution in [0.5, 0.6) is 0 Å². The van der Waals surface area contributed by atoms with Crippen molar-refractivity contribution < 1.29 is 18.1 Å². The zero-order valence-electron chi connectivity index (χ0n) is 19.8. The SMILES string of the molecule is CC(c1ccc(CC(=O)Nc2cc(Cl)c(C3(c4noc(-c5ccccc5)n4)CC3)c(Cl)c2)cc1)S(=O)O. The van der Waals surface area contributed by atoms with Crippen LogP contribution in [0.4, 0.5) is 5.69 Å². The molecule has 0 spiro atoms. The molecule has 0 bridgehead atoms. The van der Waals surface area contributed by atoms with Gasteiger partial charge in [-0.3, -0.25) is 4.79 Å². The maximum Gasteiger partial charge on any atom is 0.257 e. The van der Waals surface area contributed by atoms with Gasteiger partial charge in [-0.25, -0.2) is 4.21 Å². The van der Waals surface area contributed by atoms with Gasteiger partial charge in [0.2, 0.25) is 5.91 Å². The first-order chi connectivity index (χ1) is 17.8. The molecule has 1 aliphatic carbocycles. The van der Waals surface area contributed by atoms with Crippen LogP contribution in [0.2, 0.25) is 10.0 Å². The Kier molecular flexibility index (Phi) is 7.18. The van der Waals surface area contributed by atoms with Crippen LogP contribution in [0.15, 0.2) is 71.3 Å². The zero-order chi connectivity index (χ0) is 26.2. The Bertz CT molecular complexity index is 1450. The molecule has 0 saturated heterocycles. The largest absolute Gasteiger partial charge is 0.334 e. The molecule has 190 valence electrons. The lowest BCUT2D eigenvalue weighted by Gasteiger charge is -2.17. The number of anilines is 1. The fraction of sp³-hybridized carbons (Fsp3) is 0.222. The van der Waals surface area contributed by atoms with E-state index >= 15 is 0 Å². The van der Waals surface area contributed by atoms with Crippen molar-refractivity contribution in [3.05, 3.63) is 99.3 Å². The molecular formula is C27H23Cl2N3O4S. The van der Waals surface area contributed by atoms with Crippen LogP contribution in [-0.4, -0.2) is 24.8 Å². The Hall–Kier alpha value is -3.04. The Morgan fingerprint density at radius 2 is 1.76 bits per heavy atom. The summed E-state index contributed by atoms with van der Waals surface area (Å²) in [6.45, 7) is 1.67. The van der Waals surface area contributed by atoms with Gasteiger partial charge in [-0.2, -0.15) is 4.98 Å². The molecule has 3 aromatic carbocycles. The van der Waals surface area contributed by atoms with E-state index in [-0.39, 0.29) is 12.3 Å². The Balaban J connectivity index is 1.31. The van der Waals surface area contributed by atoms with E-state index in [9.17, 15) is 13.6 Å². The first kappa shape index (κ1) is 25.6. The molecule has 2 atom stereocenters. The minimum Gasteiger partial charge on any atom is -0.334 e. The Morgan fingerprint density at radius 1 is 1.11 bits per heavy atom. The molecule has 1 heterocycles. The Labute approximate surface area is 226 Å². The standard InChI is InChI=1S/C27H23Cl2N3O4S/c1-16(37(34)35)18-9-7-17(8-10-18)13-23(33)30-20-14-21(28)24(22(29)15-20)27(11-12-27)26-31-25(36-32-26)19-5-3-2-4-6-19/h2-10,14-16H,11-13H2,1H3,(H,30,33)(H,34,35). The lowest BCUT2D eigenvalue weighted by atomic mass is 9.94. The molecule has 0 aliphatic heterocycles. The number of hydrogen-bond donors (Lipinski definition) is 2. The van der Waals surface area contributed by atoms with E-state index in [0.717, 1.165) is 35.1 Å². The van der Waals surface area contributed by atoms with Gasteiger partial charge in [-0.15, -0.1) is 0 Å². The van der Waals surface area contributed by atoms with Crippen molar-refractivity contribution >= 4 is 45.9 Å². The van der Waals surface area contributed by atoms with Gasteiger partial charge in [-0.1, -0.05) is 70.8 Å². The summed E-state index contributed by atoms with van der Waals surface area (Å²) in [4.78, 5) is 17.3.